The third kappa shape index (κ3) is 1.89. The molecular formula is C10H16O3S2. The van der Waals surface area contributed by atoms with E-state index in [1.807, 2.05) is 6.92 Å². The normalized spacial score (nSPS) is 35.2. The van der Waals surface area contributed by atoms with E-state index in [2.05, 4.69) is 0 Å². The van der Waals surface area contributed by atoms with Gasteiger partial charge in [0.2, 0.25) is 0 Å². The van der Waals surface area contributed by atoms with Gasteiger partial charge in [-0.1, -0.05) is 0 Å². The van der Waals surface area contributed by atoms with Crippen molar-refractivity contribution in [1.82, 2.24) is 0 Å². The minimum atomic E-state index is -0.464. The summed E-state index contributed by atoms with van der Waals surface area (Å²) in [6.07, 6.45) is 2.48. The third-order valence-electron chi connectivity index (χ3n) is 2.93. The molecule has 1 unspecified atom stereocenters. The Bertz CT molecular complexity index is 263. The van der Waals surface area contributed by atoms with E-state index in [0.29, 0.717) is 6.42 Å². The summed E-state index contributed by atoms with van der Waals surface area (Å²) in [7, 11) is 1.71. The maximum atomic E-state index is 11.3. The number of methoxy groups -OCH3 is 1. The molecule has 0 aromatic heterocycles. The molecule has 2 rings (SSSR count). The predicted molar refractivity (Wildman–Crippen MR) is 63.0 cm³/mol. The molecule has 2 aliphatic rings. The van der Waals surface area contributed by atoms with E-state index in [4.69, 9.17) is 9.47 Å². The minimum absolute atomic E-state index is 0.0966. The van der Waals surface area contributed by atoms with Crippen molar-refractivity contribution >= 4 is 29.5 Å². The standard InChI is InChI=1S/C10H16O3S2/c1-9(5-4-8(11)13-9)10(12-2)14-6-3-7-15-10/h3-7H2,1-2H3. The van der Waals surface area contributed by atoms with Gasteiger partial charge in [-0.05, 0) is 24.9 Å². The number of carbonyl (C=O) groups excluding carboxylic acids is 1. The maximum Gasteiger partial charge on any atom is 0.306 e. The lowest BCUT2D eigenvalue weighted by molar-refractivity contribution is -0.154. The van der Waals surface area contributed by atoms with Gasteiger partial charge in [0.25, 0.3) is 0 Å². The minimum Gasteiger partial charge on any atom is -0.454 e. The lowest BCUT2D eigenvalue weighted by Gasteiger charge is -2.44. The van der Waals surface area contributed by atoms with Crippen LogP contribution in [-0.2, 0) is 14.3 Å². The number of esters is 1. The fourth-order valence-electron chi connectivity index (χ4n) is 2.06. The van der Waals surface area contributed by atoms with E-state index in [0.717, 1.165) is 17.9 Å². The highest BCUT2D eigenvalue weighted by molar-refractivity contribution is 8.18. The molecule has 5 heteroatoms. The average Bonchev–Trinajstić information content (AvgIpc) is 2.61. The third-order valence-corrected chi connectivity index (χ3v) is 6.58. The first-order valence-electron chi connectivity index (χ1n) is 5.17. The van der Waals surface area contributed by atoms with Gasteiger partial charge in [-0.15, -0.1) is 23.5 Å². The van der Waals surface area contributed by atoms with E-state index in [1.165, 1.54) is 6.42 Å². The van der Waals surface area contributed by atoms with Crippen LogP contribution in [0.3, 0.4) is 0 Å². The van der Waals surface area contributed by atoms with Crippen molar-refractivity contribution in [1.29, 1.82) is 0 Å². The van der Waals surface area contributed by atoms with Crippen LogP contribution in [0.1, 0.15) is 26.2 Å². The highest BCUT2D eigenvalue weighted by Gasteiger charge is 2.56. The fourth-order valence-corrected chi connectivity index (χ4v) is 5.33. The summed E-state index contributed by atoms with van der Waals surface area (Å²) in [6.45, 7) is 1.99. The van der Waals surface area contributed by atoms with E-state index >= 15 is 0 Å². The van der Waals surface area contributed by atoms with Gasteiger partial charge in [0.15, 0.2) is 9.87 Å². The number of hydrogen-bond donors (Lipinski definition) is 0. The van der Waals surface area contributed by atoms with Crippen molar-refractivity contribution in [2.45, 2.75) is 36.1 Å². The number of ether oxygens (including phenoxy) is 2. The molecule has 0 aromatic rings. The summed E-state index contributed by atoms with van der Waals surface area (Å²) in [5, 5.41) is 0. The fraction of sp³-hybridized carbons (Fsp3) is 0.900. The molecule has 15 heavy (non-hydrogen) atoms. The lowest BCUT2D eigenvalue weighted by atomic mass is 10.0. The molecule has 0 saturated carbocycles. The Morgan fingerprint density at radius 2 is 2.07 bits per heavy atom. The van der Waals surface area contributed by atoms with Crippen LogP contribution in [-0.4, -0.2) is 34.5 Å². The van der Waals surface area contributed by atoms with Gasteiger partial charge in [0.05, 0.1) is 0 Å². The highest BCUT2D eigenvalue weighted by Crippen LogP contribution is 2.54. The Balaban J connectivity index is 2.20. The Kier molecular flexibility index (Phi) is 3.24. The molecule has 0 N–H and O–H groups in total. The largest absolute Gasteiger partial charge is 0.454 e. The van der Waals surface area contributed by atoms with Crippen LogP contribution in [0.5, 0.6) is 0 Å². The molecule has 1 atom stereocenters. The van der Waals surface area contributed by atoms with Crippen LogP contribution >= 0.6 is 23.5 Å². The second-order valence-electron chi connectivity index (χ2n) is 4.02. The van der Waals surface area contributed by atoms with Gasteiger partial charge in [-0.25, -0.2) is 0 Å². The summed E-state index contributed by atoms with van der Waals surface area (Å²) in [5.74, 6) is 2.06. The summed E-state index contributed by atoms with van der Waals surface area (Å²) >= 11 is 3.54. The van der Waals surface area contributed by atoms with Gasteiger partial charge < -0.3 is 9.47 Å². The van der Waals surface area contributed by atoms with E-state index < -0.39 is 9.87 Å². The molecule has 0 aromatic carbocycles. The first kappa shape index (κ1) is 11.6. The number of thioether (sulfide) groups is 2. The van der Waals surface area contributed by atoms with Crippen molar-refractivity contribution in [2.24, 2.45) is 0 Å². The SMILES string of the molecule is COC1(C2(C)CCC(=O)O2)SCCCS1. The molecule has 2 saturated heterocycles. The van der Waals surface area contributed by atoms with Gasteiger partial charge >= 0.3 is 5.97 Å². The van der Waals surface area contributed by atoms with Crippen molar-refractivity contribution in [2.75, 3.05) is 18.6 Å². The summed E-state index contributed by atoms with van der Waals surface area (Å²) < 4.78 is 10.7. The van der Waals surface area contributed by atoms with Gasteiger partial charge in [0, 0.05) is 20.0 Å². The highest BCUT2D eigenvalue weighted by atomic mass is 32.2. The summed E-state index contributed by atoms with van der Waals surface area (Å²) in [5.41, 5.74) is -0.464. The molecular weight excluding hydrogens is 232 g/mol. The first-order valence-corrected chi connectivity index (χ1v) is 7.14. The Hall–Kier alpha value is 0.130. The summed E-state index contributed by atoms with van der Waals surface area (Å²) in [6, 6.07) is 0. The molecule has 0 amide bonds. The Morgan fingerprint density at radius 3 is 2.53 bits per heavy atom. The number of rotatable bonds is 2. The van der Waals surface area contributed by atoms with Crippen LogP contribution in [0, 0.1) is 0 Å². The zero-order chi connectivity index (χ0) is 10.9. The van der Waals surface area contributed by atoms with Crippen LogP contribution in [0.2, 0.25) is 0 Å². The molecule has 0 bridgehead atoms. The Labute approximate surface area is 98.6 Å². The molecule has 2 aliphatic heterocycles. The predicted octanol–water partition coefficient (Wildman–Crippen LogP) is 2.25. The van der Waals surface area contributed by atoms with Gasteiger partial charge in [-0.2, -0.15) is 0 Å². The monoisotopic (exact) mass is 248 g/mol. The van der Waals surface area contributed by atoms with E-state index in [9.17, 15) is 4.79 Å². The van der Waals surface area contributed by atoms with Crippen LogP contribution in [0.25, 0.3) is 0 Å². The topological polar surface area (TPSA) is 35.5 Å². The van der Waals surface area contributed by atoms with Crippen molar-refractivity contribution in [3.05, 3.63) is 0 Å². The van der Waals surface area contributed by atoms with Crippen LogP contribution in [0.4, 0.5) is 0 Å². The smallest absolute Gasteiger partial charge is 0.306 e. The number of carbonyl (C=O) groups is 1. The maximum absolute atomic E-state index is 11.3. The molecule has 0 aliphatic carbocycles. The molecule has 2 fully saturated rings. The zero-order valence-corrected chi connectivity index (χ0v) is 10.7. The first-order chi connectivity index (χ1) is 7.12. The van der Waals surface area contributed by atoms with Gasteiger partial charge in [0.1, 0.15) is 0 Å². The summed E-state index contributed by atoms with van der Waals surface area (Å²) in [4.78, 5) is 11.3. The molecule has 3 nitrogen and oxygen atoms in total. The van der Waals surface area contributed by atoms with Crippen LogP contribution in [0.15, 0.2) is 0 Å². The zero-order valence-electron chi connectivity index (χ0n) is 9.08. The van der Waals surface area contributed by atoms with Crippen molar-refractivity contribution in [3.8, 4) is 0 Å². The number of cyclic esters (lactones) is 1. The van der Waals surface area contributed by atoms with Gasteiger partial charge in [-0.3, -0.25) is 4.79 Å². The lowest BCUT2D eigenvalue weighted by Crippen LogP contribution is -2.50. The number of hydrogen-bond acceptors (Lipinski definition) is 5. The quantitative estimate of drug-likeness (QED) is 0.700. The van der Waals surface area contributed by atoms with Crippen LogP contribution < -0.4 is 0 Å². The molecule has 2 heterocycles. The van der Waals surface area contributed by atoms with Crippen molar-refractivity contribution in [3.63, 3.8) is 0 Å². The second-order valence-corrected chi connectivity index (χ2v) is 6.82. The average molecular weight is 248 g/mol. The van der Waals surface area contributed by atoms with E-state index in [-0.39, 0.29) is 5.97 Å². The van der Waals surface area contributed by atoms with E-state index in [1.54, 1.807) is 30.6 Å². The molecule has 0 spiro atoms. The molecule has 0 radical (unpaired) electrons. The Morgan fingerprint density at radius 1 is 1.40 bits per heavy atom. The van der Waals surface area contributed by atoms with Crippen molar-refractivity contribution < 1.29 is 14.3 Å². The second kappa shape index (κ2) is 4.18. The molecule has 86 valence electrons.